The third-order valence-corrected chi connectivity index (χ3v) is 2.89. The fraction of sp³-hybridized carbons (Fsp3) is 0.750. The third-order valence-electron chi connectivity index (χ3n) is 2.89. The molecule has 0 saturated heterocycles. The molecule has 0 aliphatic heterocycles. The first-order valence-corrected chi connectivity index (χ1v) is 6.20. The smallest absolute Gasteiger partial charge is 0.460 e. The molecule has 0 fully saturated rings. The minimum atomic E-state index is -6.64. The molecule has 10 heteroatoms. The second-order valence-electron chi connectivity index (χ2n) is 4.61. The number of rotatable bonds is 8. The highest BCUT2D eigenvalue weighted by Crippen LogP contribution is 2.50. The summed E-state index contributed by atoms with van der Waals surface area (Å²) in [5.74, 6) is -18.5. The van der Waals surface area contributed by atoms with E-state index in [9.17, 15) is 39.9 Å². The minimum Gasteiger partial charge on any atom is -0.481 e. The van der Waals surface area contributed by atoms with Crippen molar-refractivity contribution in [2.75, 3.05) is 0 Å². The monoisotopic (exact) mass is 342 g/mol. The van der Waals surface area contributed by atoms with Gasteiger partial charge in [0.1, 0.15) is 0 Å². The van der Waals surface area contributed by atoms with E-state index in [1.165, 1.54) is 0 Å². The van der Waals surface area contributed by atoms with Gasteiger partial charge < -0.3 is 5.11 Å². The summed E-state index contributed by atoms with van der Waals surface area (Å²) in [5.41, 5.74) is 0. The molecule has 0 aromatic heterocycles. The maximum absolute atomic E-state index is 13.1. The fourth-order valence-corrected chi connectivity index (χ4v) is 1.49. The van der Waals surface area contributed by atoms with E-state index in [0.717, 1.165) is 0 Å². The van der Waals surface area contributed by atoms with Gasteiger partial charge >= 0.3 is 24.0 Å². The lowest BCUT2D eigenvalue weighted by Crippen LogP contribution is -2.52. The van der Waals surface area contributed by atoms with E-state index in [1.807, 2.05) is 0 Å². The van der Waals surface area contributed by atoms with Crippen molar-refractivity contribution in [2.45, 2.75) is 50.6 Å². The molecule has 0 rings (SSSR count). The Morgan fingerprint density at radius 3 is 2.00 bits per heavy atom. The fourth-order valence-electron chi connectivity index (χ4n) is 1.49. The summed E-state index contributed by atoms with van der Waals surface area (Å²) < 4.78 is 99.7. The van der Waals surface area contributed by atoms with E-state index in [2.05, 4.69) is 0 Å². The Hall–Kier alpha value is -1.35. The molecule has 0 aliphatic carbocycles. The van der Waals surface area contributed by atoms with Crippen molar-refractivity contribution in [1.29, 1.82) is 0 Å². The Morgan fingerprint density at radius 1 is 1.14 bits per heavy atom. The number of carbonyl (C=O) groups is 1. The van der Waals surface area contributed by atoms with E-state index < -0.39 is 42.2 Å². The van der Waals surface area contributed by atoms with Gasteiger partial charge in [0.25, 0.3) is 0 Å². The van der Waals surface area contributed by atoms with Crippen molar-refractivity contribution in [1.82, 2.24) is 0 Å². The molecule has 0 radical (unpaired) electrons. The number of carboxylic acid groups (broad SMARTS) is 1. The van der Waals surface area contributed by atoms with Gasteiger partial charge in [0.15, 0.2) is 5.83 Å². The van der Waals surface area contributed by atoms with Gasteiger partial charge in [0, 0.05) is 0 Å². The SMILES string of the molecule is CCCCC(C/C=C(\F)C(F)(F)C(F)(F)C(F)(F)F)C(=O)O. The van der Waals surface area contributed by atoms with Crippen LogP contribution < -0.4 is 0 Å². The van der Waals surface area contributed by atoms with Crippen molar-refractivity contribution in [3.63, 3.8) is 0 Å². The first-order chi connectivity index (χ1) is 9.79. The van der Waals surface area contributed by atoms with Crippen LogP contribution in [0, 0.1) is 5.92 Å². The van der Waals surface area contributed by atoms with Gasteiger partial charge in [-0.2, -0.15) is 30.7 Å². The minimum absolute atomic E-state index is 0.0448. The number of hydrogen-bond acceptors (Lipinski definition) is 1. The lowest BCUT2D eigenvalue weighted by Gasteiger charge is -2.27. The first-order valence-electron chi connectivity index (χ1n) is 6.20. The van der Waals surface area contributed by atoms with Gasteiger partial charge in [-0.3, -0.25) is 4.79 Å². The lowest BCUT2D eigenvalue weighted by atomic mass is 9.97. The highest BCUT2D eigenvalue weighted by molar-refractivity contribution is 5.70. The Bertz CT molecular complexity index is 414. The van der Waals surface area contributed by atoms with Crippen LogP contribution in [0.3, 0.4) is 0 Å². The van der Waals surface area contributed by atoms with Gasteiger partial charge in [-0.25, -0.2) is 4.39 Å². The van der Waals surface area contributed by atoms with Crippen LogP contribution in [0.2, 0.25) is 0 Å². The number of alkyl halides is 7. The lowest BCUT2D eigenvalue weighted by molar-refractivity contribution is -0.347. The molecule has 130 valence electrons. The van der Waals surface area contributed by atoms with Gasteiger partial charge in [-0.05, 0) is 18.9 Å². The van der Waals surface area contributed by atoms with Crippen LogP contribution in [-0.2, 0) is 4.79 Å². The van der Waals surface area contributed by atoms with Crippen molar-refractivity contribution in [3.05, 3.63) is 11.9 Å². The second kappa shape index (κ2) is 7.28. The molecular weight excluding hydrogens is 328 g/mol. The molecule has 1 unspecified atom stereocenters. The molecule has 1 atom stereocenters. The van der Waals surface area contributed by atoms with Gasteiger partial charge in [-0.15, -0.1) is 0 Å². The summed E-state index contributed by atoms with van der Waals surface area (Å²) in [6.07, 6.45) is -6.94. The predicted molar refractivity (Wildman–Crippen MR) is 60.4 cm³/mol. The van der Waals surface area contributed by atoms with Crippen LogP contribution in [-0.4, -0.2) is 29.1 Å². The molecule has 2 nitrogen and oxygen atoms in total. The average molecular weight is 342 g/mol. The van der Waals surface area contributed by atoms with Gasteiger partial charge in [0.2, 0.25) is 0 Å². The Labute approximate surface area is 120 Å². The summed E-state index contributed by atoms with van der Waals surface area (Å²) in [6, 6.07) is 0. The Kier molecular flexibility index (Phi) is 6.83. The molecule has 0 aromatic carbocycles. The Balaban J connectivity index is 5.21. The zero-order valence-electron chi connectivity index (χ0n) is 11.4. The molecule has 0 spiro atoms. The maximum Gasteiger partial charge on any atom is 0.460 e. The molecular formula is C12H14F8O2. The zero-order chi connectivity index (χ0) is 17.8. The predicted octanol–water partition coefficient (Wildman–Crippen LogP) is 4.95. The molecule has 0 aliphatic rings. The molecule has 0 heterocycles. The zero-order valence-corrected chi connectivity index (χ0v) is 11.4. The summed E-state index contributed by atoms with van der Waals surface area (Å²) >= 11 is 0. The highest BCUT2D eigenvalue weighted by Gasteiger charge is 2.74. The van der Waals surface area contributed by atoms with Crippen molar-refractivity contribution in [2.24, 2.45) is 5.92 Å². The topological polar surface area (TPSA) is 37.3 Å². The van der Waals surface area contributed by atoms with Crippen LogP contribution in [0.15, 0.2) is 11.9 Å². The molecule has 0 aromatic rings. The number of halogens is 8. The normalized spacial score (nSPS) is 15.8. The van der Waals surface area contributed by atoms with Crippen molar-refractivity contribution in [3.8, 4) is 0 Å². The maximum atomic E-state index is 13.1. The quantitative estimate of drug-likeness (QED) is 0.634. The van der Waals surface area contributed by atoms with E-state index in [-0.39, 0.29) is 12.5 Å². The van der Waals surface area contributed by atoms with Crippen LogP contribution in [0.4, 0.5) is 35.1 Å². The number of carboxylic acids is 1. The average Bonchev–Trinajstić information content (AvgIpc) is 2.36. The van der Waals surface area contributed by atoms with Gasteiger partial charge in [-0.1, -0.05) is 19.8 Å². The number of hydrogen-bond donors (Lipinski definition) is 1. The van der Waals surface area contributed by atoms with Crippen molar-refractivity contribution < 1.29 is 45.0 Å². The molecule has 1 N–H and O–H groups in total. The molecule has 22 heavy (non-hydrogen) atoms. The molecule has 0 bridgehead atoms. The van der Waals surface area contributed by atoms with E-state index in [0.29, 0.717) is 12.8 Å². The summed E-state index contributed by atoms with van der Waals surface area (Å²) in [7, 11) is 0. The molecule has 0 amide bonds. The third kappa shape index (κ3) is 4.57. The number of unbranched alkanes of at least 4 members (excludes halogenated alkanes) is 1. The standard InChI is InChI=1S/C12H14F8O2/c1-2-3-4-7(9(21)22)5-6-8(13)10(14,15)11(16,17)12(18,19)20/h6-7H,2-5H2,1H3,(H,21,22)/b8-6-. The number of allylic oxidation sites excluding steroid dienone is 2. The number of aliphatic carboxylic acids is 1. The van der Waals surface area contributed by atoms with E-state index >= 15 is 0 Å². The van der Waals surface area contributed by atoms with E-state index in [1.54, 1.807) is 6.92 Å². The second-order valence-corrected chi connectivity index (χ2v) is 4.61. The van der Waals surface area contributed by atoms with Gasteiger partial charge in [0.05, 0.1) is 5.92 Å². The van der Waals surface area contributed by atoms with E-state index in [4.69, 9.17) is 5.11 Å². The van der Waals surface area contributed by atoms with Crippen LogP contribution in [0.25, 0.3) is 0 Å². The molecule has 0 saturated carbocycles. The van der Waals surface area contributed by atoms with Crippen molar-refractivity contribution >= 4 is 5.97 Å². The largest absolute Gasteiger partial charge is 0.481 e. The summed E-state index contributed by atoms with van der Waals surface area (Å²) in [6.45, 7) is 1.69. The van der Waals surface area contributed by atoms with Crippen LogP contribution >= 0.6 is 0 Å². The van der Waals surface area contributed by atoms with Crippen LogP contribution in [0.1, 0.15) is 32.6 Å². The summed E-state index contributed by atoms with van der Waals surface area (Å²) in [4.78, 5) is 10.8. The highest BCUT2D eigenvalue weighted by atomic mass is 19.4. The first kappa shape index (κ1) is 20.6. The Morgan fingerprint density at radius 2 is 1.64 bits per heavy atom. The van der Waals surface area contributed by atoms with Crippen LogP contribution in [0.5, 0.6) is 0 Å². The summed E-state index contributed by atoms with van der Waals surface area (Å²) in [5, 5.41) is 8.74.